The summed E-state index contributed by atoms with van der Waals surface area (Å²) >= 11 is 5.86. The maximum Gasteiger partial charge on any atom is 0.105 e. The van der Waals surface area contributed by atoms with Gasteiger partial charge >= 0.3 is 0 Å². The van der Waals surface area contributed by atoms with Crippen LogP contribution in [0.2, 0.25) is 5.02 Å². The SMILES string of the molecule is CNC(Cc1ccco1)c1ccc(Cl)cc1. The third kappa shape index (κ3) is 2.65. The zero-order chi connectivity index (χ0) is 11.4. The van der Waals surface area contributed by atoms with Crippen LogP contribution in [0.5, 0.6) is 0 Å². The number of rotatable bonds is 4. The minimum atomic E-state index is 0.253. The molecule has 0 bridgehead atoms. The molecular weight excluding hydrogens is 222 g/mol. The van der Waals surface area contributed by atoms with E-state index in [1.165, 1.54) is 5.56 Å². The lowest BCUT2D eigenvalue weighted by Crippen LogP contribution is -2.18. The molecule has 0 radical (unpaired) electrons. The van der Waals surface area contributed by atoms with Crippen LogP contribution in [0.15, 0.2) is 47.1 Å². The van der Waals surface area contributed by atoms with Gasteiger partial charge in [0.1, 0.15) is 5.76 Å². The highest BCUT2D eigenvalue weighted by atomic mass is 35.5. The quantitative estimate of drug-likeness (QED) is 0.878. The van der Waals surface area contributed by atoms with E-state index in [4.69, 9.17) is 16.0 Å². The molecule has 1 N–H and O–H groups in total. The average Bonchev–Trinajstić information content (AvgIpc) is 2.80. The van der Waals surface area contributed by atoms with Crippen molar-refractivity contribution in [2.45, 2.75) is 12.5 Å². The molecule has 2 nitrogen and oxygen atoms in total. The van der Waals surface area contributed by atoms with E-state index in [1.54, 1.807) is 6.26 Å². The number of hydrogen-bond donors (Lipinski definition) is 1. The van der Waals surface area contributed by atoms with Crippen LogP contribution in [0.4, 0.5) is 0 Å². The molecule has 1 aromatic heterocycles. The van der Waals surface area contributed by atoms with Gasteiger partial charge in [-0.15, -0.1) is 0 Å². The van der Waals surface area contributed by atoms with Crippen molar-refractivity contribution in [2.24, 2.45) is 0 Å². The van der Waals surface area contributed by atoms with Crippen LogP contribution >= 0.6 is 11.6 Å². The first-order chi connectivity index (χ1) is 7.79. The van der Waals surface area contributed by atoms with Gasteiger partial charge in [0.2, 0.25) is 0 Å². The molecule has 16 heavy (non-hydrogen) atoms. The molecule has 0 aliphatic rings. The zero-order valence-corrected chi connectivity index (χ0v) is 9.87. The van der Waals surface area contributed by atoms with Gasteiger partial charge in [0.15, 0.2) is 0 Å². The smallest absolute Gasteiger partial charge is 0.105 e. The molecule has 0 amide bonds. The van der Waals surface area contributed by atoms with Gasteiger partial charge in [-0.3, -0.25) is 0 Å². The van der Waals surface area contributed by atoms with Crippen LogP contribution in [-0.2, 0) is 6.42 Å². The van der Waals surface area contributed by atoms with Gasteiger partial charge in [-0.1, -0.05) is 23.7 Å². The Morgan fingerprint density at radius 2 is 2.00 bits per heavy atom. The monoisotopic (exact) mass is 235 g/mol. The van der Waals surface area contributed by atoms with E-state index in [2.05, 4.69) is 5.32 Å². The topological polar surface area (TPSA) is 25.2 Å². The predicted octanol–water partition coefficient (Wildman–Crippen LogP) is 3.44. The Kier molecular flexibility index (Phi) is 3.65. The second-order valence-electron chi connectivity index (χ2n) is 3.68. The molecule has 1 heterocycles. The molecule has 0 saturated carbocycles. The van der Waals surface area contributed by atoms with Crippen molar-refractivity contribution in [3.05, 3.63) is 59.0 Å². The summed E-state index contributed by atoms with van der Waals surface area (Å²) < 4.78 is 5.34. The van der Waals surface area contributed by atoms with Gasteiger partial charge in [0.25, 0.3) is 0 Å². The van der Waals surface area contributed by atoms with Crippen LogP contribution in [0.1, 0.15) is 17.4 Å². The highest BCUT2D eigenvalue weighted by Crippen LogP contribution is 2.20. The molecule has 1 aromatic carbocycles. The largest absolute Gasteiger partial charge is 0.469 e. The Bertz CT molecular complexity index is 422. The van der Waals surface area contributed by atoms with E-state index >= 15 is 0 Å². The third-order valence-corrected chi connectivity index (χ3v) is 2.86. The maximum absolute atomic E-state index is 5.86. The molecule has 2 aromatic rings. The van der Waals surface area contributed by atoms with E-state index in [0.29, 0.717) is 0 Å². The average molecular weight is 236 g/mol. The Morgan fingerprint density at radius 1 is 1.25 bits per heavy atom. The first kappa shape index (κ1) is 11.2. The summed E-state index contributed by atoms with van der Waals surface area (Å²) in [7, 11) is 1.95. The summed E-state index contributed by atoms with van der Waals surface area (Å²) in [4.78, 5) is 0. The van der Waals surface area contributed by atoms with Crippen molar-refractivity contribution in [3.8, 4) is 0 Å². The second-order valence-corrected chi connectivity index (χ2v) is 4.11. The fourth-order valence-electron chi connectivity index (χ4n) is 1.71. The molecular formula is C13H14ClNO. The zero-order valence-electron chi connectivity index (χ0n) is 9.11. The van der Waals surface area contributed by atoms with Crippen molar-refractivity contribution < 1.29 is 4.42 Å². The van der Waals surface area contributed by atoms with Crippen LogP contribution in [0, 0.1) is 0 Å². The second kappa shape index (κ2) is 5.19. The van der Waals surface area contributed by atoms with Crippen molar-refractivity contribution in [1.29, 1.82) is 0 Å². The Hall–Kier alpha value is -1.25. The number of hydrogen-bond acceptors (Lipinski definition) is 2. The summed E-state index contributed by atoms with van der Waals surface area (Å²) in [5.41, 5.74) is 1.21. The Labute approximate surface area is 100 Å². The Balaban J connectivity index is 2.13. The lowest BCUT2D eigenvalue weighted by atomic mass is 10.0. The standard InChI is InChI=1S/C13H14ClNO/c1-15-13(9-12-3-2-8-16-12)10-4-6-11(14)7-5-10/h2-8,13,15H,9H2,1H3. The van der Waals surface area contributed by atoms with Gasteiger partial charge in [0, 0.05) is 17.5 Å². The first-order valence-corrected chi connectivity index (χ1v) is 5.62. The van der Waals surface area contributed by atoms with E-state index in [0.717, 1.165) is 17.2 Å². The van der Waals surface area contributed by atoms with Gasteiger partial charge in [-0.2, -0.15) is 0 Å². The molecule has 1 unspecified atom stereocenters. The van der Waals surface area contributed by atoms with Crippen LogP contribution < -0.4 is 5.32 Å². The molecule has 2 rings (SSSR count). The van der Waals surface area contributed by atoms with E-state index in [-0.39, 0.29) is 6.04 Å². The molecule has 1 atom stereocenters. The minimum Gasteiger partial charge on any atom is -0.469 e. The molecule has 3 heteroatoms. The number of furan rings is 1. The third-order valence-electron chi connectivity index (χ3n) is 2.61. The van der Waals surface area contributed by atoms with Crippen LogP contribution in [-0.4, -0.2) is 7.05 Å². The van der Waals surface area contributed by atoms with Gasteiger partial charge in [-0.05, 0) is 36.9 Å². The van der Waals surface area contributed by atoms with Crippen molar-refractivity contribution >= 4 is 11.6 Å². The van der Waals surface area contributed by atoms with Gasteiger partial charge < -0.3 is 9.73 Å². The lowest BCUT2D eigenvalue weighted by Gasteiger charge is -2.15. The fourth-order valence-corrected chi connectivity index (χ4v) is 1.84. The molecule has 0 fully saturated rings. The maximum atomic E-state index is 5.86. The molecule has 84 valence electrons. The molecule has 0 aliphatic heterocycles. The summed E-state index contributed by atoms with van der Waals surface area (Å²) in [6, 6.07) is 12.0. The normalized spacial score (nSPS) is 12.6. The summed E-state index contributed by atoms with van der Waals surface area (Å²) in [6.45, 7) is 0. The lowest BCUT2D eigenvalue weighted by molar-refractivity contribution is 0.466. The predicted molar refractivity (Wildman–Crippen MR) is 65.7 cm³/mol. The van der Waals surface area contributed by atoms with E-state index < -0.39 is 0 Å². The first-order valence-electron chi connectivity index (χ1n) is 5.24. The van der Waals surface area contributed by atoms with Gasteiger partial charge in [0.05, 0.1) is 6.26 Å². The molecule has 0 aliphatic carbocycles. The van der Waals surface area contributed by atoms with Crippen molar-refractivity contribution in [2.75, 3.05) is 7.05 Å². The summed E-state index contributed by atoms with van der Waals surface area (Å²) in [5, 5.41) is 4.03. The number of benzene rings is 1. The summed E-state index contributed by atoms with van der Waals surface area (Å²) in [6.07, 6.45) is 2.54. The minimum absolute atomic E-state index is 0.253. The van der Waals surface area contributed by atoms with E-state index in [1.807, 2.05) is 43.4 Å². The van der Waals surface area contributed by atoms with E-state index in [9.17, 15) is 0 Å². The molecule has 0 spiro atoms. The number of halogens is 1. The van der Waals surface area contributed by atoms with Crippen molar-refractivity contribution in [1.82, 2.24) is 5.32 Å². The van der Waals surface area contributed by atoms with Crippen molar-refractivity contribution in [3.63, 3.8) is 0 Å². The highest BCUT2D eigenvalue weighted by molar-refractivity contribution is 6.30. The number of likely N-dealkylation sites (N-methyl/N-ethyl adjacent to an activating group) is 1. The van der Waals surface area contributed by atoms with Gasteiger partial charge in [-0.25, -0.2) is 0 Å². The number of nitrogens with one attached hydrogen (secondary N) is 1. The highest BCUT2D eigenvalue weighted by Gasteiger charge is 2.11. The molecule has 0 saturated heterocycles. The fraction of sp³-hybridized carbons (Fsp3) is 0.231. The summed E-state index contributed by atoms with van der Waals surface area (Å²) in [5.74, 6) is 0.981. The van der Waals surface area contributed by atoms with Crippen LogP contribution in [0.3, 0.4) is 0 Å². The Morgan fingerprint density at radius 3 is 2.56 bits per heavy atom. The van der Waals surface area contributed by atoms with Crippen LogP contribution in [0.25, 0.3) is 0 Å².